The molecule has 1 aromatic heterocycles. The van der Waals surface area contributed by atoms with E-state index in [4.69, 9.17) is 9.15 Å². The van der Waals surface area contributed by atoms with Crippen molar-refractivity contribution in [2.45, 2.75) is 33.2 Å². The first-order chi connectivity index (χ1) is 9.19. The summed E-state index contributed by atoms with van der Waals surface area (Å²) in [6.07, 6.45) is 2.01. The summed E-state index contributed by atoms with van der Waals surface area (Å²) >= 11 is 0. The van der Waals surface area contributed by atoms with Crippen molar-refractivity contribution in [1.29, 1.82) is 0 Å². The number of rotatable bonds is 9. The zero-order chi connectivity index (χ0) is 14.1. The standard InChI is InChI=1S/C14H23NO4/c1-4-7-18-8-5-6-15-10-12-9-13(11(2)19-12)14(16)17-3/h9,15H,4-8,10H2,1-3H3. The lowest BCUT2D eigenvalue weighted by atomic mass is 10.2. The predicted molar refractivity (Wildman–Crippen MR) is 72.2 cm³/mol. The summed E-state index contributed by atoms with van der Waals surface area (Å²) in [5.41, 5.74) is 0.491. The van der Waals surface area contributed by atoms with E-state index in [1.54, 1.807) is 13.0 Å². The van der Waals surface area contributed by atoms with Crippen molar-refractivity contribution in [3.63, 3.8) is 0 Å². The van der Waals surface area contributed by atoms with Crippen LogP contribution in [-0.4, -0.2) is 32.8 Å². The van der Waals surface area contributed by atoms with Crippen LogP contribution in [0.25, 0.3) is 0 Å². The van der Waals surface area contributed by atoms with Crippen molar-refractivity contribution >= 4 is 5.97 Å². The van der Waals surface area contributed by atoms with Gasteiger partial charge < -0.3 is 19.2 Å². The summed E-state index contributed by atoms with van der Waals surface area (Å²) in [5.74, 6) is 0.975. The molecule has 1 N–H and O–H groups in total. The fraction of sp³-hybridized carbons (Fsp3) is 0.643. The Bertz CT molecular complexity index is 387. The summed E-state index contributed by atoms with van der Waals surface area (Å²) in [4.78, 5) is 11.4. The van der Waals surface area contributed by atoms with Crippen LogP contribution in [0.4, 0.5) is 0 Å². The van der Waals surface area contributed by atoms with Crippen LogP contribution in [0.1, 0.15) is 41.6 Å². The molecule has 5 nitrogen and oxygen atoms in total. The number of aryl methyl sites for hydroxylation is 1. The molecular formula is C14H23NO4. The van der Waals surface area contributed by atoms with Gasteiger partial charge in [-0.25, -0.2) is 4.79 Å². The SMILES string of the molecule is CCCOCCCNCc1cc(C(=O)OC)c(C)o1. The van der Waals surface area contributed by atoms with E-state index in [9.17, 15) is 4.79 Å². The van der Waals surface area contributed by atoms with Gasteiger partial charge in [0.1, 0.15) is 17.1 Å². The van der Waals surface area contributed by atoms with E-state index in [1.165, 1.54) is 7.11 Å². The second kappa shape index (κ2) is 8.72. The van der Waals surface area contributed by atoms with Gasteiger partial charge in [0.2, 0.25) is 0 Å². The van der Waals surface area contributed by atoms with Crippen molar-refractivity contribution in [1.82, 2.24) is 5.32 Å². The van der Waals surface area contributed by atoms with E-state index in [0.29, 0.717) is 17.9 Å². The largest absolute Gasteiger partial charge is 0.465 e. The van der Waals surface area contributed by atoms with Crippen LogP contribution in [-0.2, 0) is 16.0 Å². The molecule has 0 aliphatic heterocycles. The van der Waals surface area contributed by atoms with Gasteiger partial charge in [0.05, 0.1) is 13.7 Å². The Morgan fingerprint density at radius 3 is 2.89 bits per heavy atom. The van der Waals surface area contributed by atoms with Crippen LogP contribution in [0.2, 0.25) is 0 Å². The van der Waals surface area contributed by atoms with Gasteiger partial charge in [-0.15, -0.1) is 0 Å². The first-order valence-corrected chi connectivity index (χ1v) is 6.65. The van der Waals surface area contributed by atoms with E-state index < -0.39 is 0 Å². The number of methoxy groups -OCH3 is 1. The second-order valence-corrected chi connectivity index (χ2v) is 4.32. The third-order valence-corrected chi connectivity index (χ3v) is 2.66. The van der Waals surface area contributed by atoms with Gasteiger partial charge >= 0.3 is 5.97 Å². The maximum Gasteiger partial charge on any atom is 0.341 e. The summed E-state index contributed by atoms with van der Waals surface area (Å²) in [7, 11) is 1.36. The quantitative estimate of drug-likeness (QED) is 0.550. The summed E-state index contributed by atoms with van der Waals surface area (Å²) in [5, 5.41) is 3.25. The number of ether oxygens (including phenoxy) is 2. The summed E-state index contributed by atoms with van der Waals surface area (Å²) in [6.45, 7) is 6.90. The fourth-order valence-corrected chi connectivity index (χ4v) is 1.70. The maximum atomic E-state index is 11.4. The fourth-order valence-electron chi connectivity index (χ4n) is 1.70. The van der Waals surface area contributed by atoms with Crippen LogP contribution in [0.15, 0.2) is 10.5 Å². The molecule has 0 unspecified atom stereocenters. The van der Waals surface area contributed by atoms with Gasteiger partial charge in [-0.1, -0.05) is 6.92 Å². The number of hydrogen-bond acceptors (Lipinski definition) is 5. The Morgan fingerprint density at radius 2 is 2.21 bits per heavy atom. The van der Waals surface area contributed by atoms with Crippen molar-refractivity contribution in [3.8, 4) is 0 Å². The molecule has 0 bridgehead atoms. The highest BCUT2D eigenvalue weighted by atomic mass is 16.5. The highest BCUT2D eigenvalue weighted by molar-refractivity contribution is 5.90. The van der Waals surface area contributed by atoms with E-state index in [2.05, 4.69) is 17.0 Å². The lowest BCUT2D eigenvalue weighted by Crippen LogP contribution is -2.16. The van der Waals surface area contributed by atoms with Crippen LogP contribution in [0, 0.1) is 6.92 Å². The Kier molecular flexibility index (Phi) is 7.22. The number of nitrogens with one attached hydrogen (secondary N) is 1. The summed E-state index contributed by atoms with van der Waals surface area (Å²) < 4.78 is 15.5. The second-order valence-electron chi connectivity index (χ2n) is 4.32. The molecule has 1 rings (SSSR count). The molecule has 0 saturated heterocycles. The highest BCUT2D eigenvalue weighted by Gasteiger charge is 2.14. The van der Waals surface area contributed by atoms with Gasteiger partial charge in [-0.2, -0.15) is 0 Å². The molecule has 0 aromatic carbocycles. The minimum Gasteiger partial charge on any atom is -0.465 e. The molecule has 1 heterocycles. The predicted octanol–water partition coefficient (Wildman–Crippen LogP) is 2.28. The monoisotopic (exact) mass is 269 g/mol. The van der Waals surface area contributed by atoms with E-state index in [-0.39, 0.29) is 5.97 Å². The molecular weight excluding hydrogens is 246 g/mol. The van der Waals surface area contributed by atoms with Crippen molar-refractivity contribution in [3.05, 3.63) is 23.2 Å². The Balaban J connectivity index is 2.25. The topological polar surface area (TPSA) is 60.7 Å². The average Bonchev–Trinajstić information content (AvgIpc) is 2.78. The van der Waals surface area contributed by atoms with Crippen LogP contribution in [0.3, 0.4) is 0 Å². The van der Waals surface area contributed by atoms with Crippen molar-refractivity contribution < 1.29 is 18.7 Å². The van der Waals surface area contributed by atoms with Crippen molar-refractivity contribution in [2.24, 2.45) is 0 Å². The molecule has 0 aliphatic rings. The minimum atomic E-state index is -0.361. The highest BCUT2D eigenvalue weighted by Crippen LogP contribution is 2.15. The zero-order valence-electron chi connectivity index (χ0n) is 12.0. The molecule has 0 fully saturated rings. The molecule has 5 heteroatoms. The average molecular weight is 269 g/mol. The van der Waals surface area contributed by atoms with Gasteiger partial charge in [0, 0.05) is 13.2 Å². The number of hydrogen-bond donors (Lipinski definition) is 1. The first-order valence-electron chi connectivity index (χ1n) is 6.65. The third-order valence-electron chi connectivity index (χ3n) is 2.66. The van der Waals surface area contributed by atoms with Gasteiger partial charge in [0.15, 0.2) is 0 Å². The Labute approximate surface area is 114 Å². The lowest BCUT2D eigenvalue weighted by molar-refractivity contribution is 0.0599. The summed E-state index contributed by atoms with van der Waals surface area (Å²) in [6, 6.07) is 1.72. The van der Waals surface area contributed by atoms with Crippen LogP contribution < -0.4 is 5.32 Å². The van der Waals surface area contributed by atoms with Gasteiger partial charge in [-0.3, -0.25) is 0 Å². The molecule has 0 aliphatic carbocycles. The van der Waals surface area contributed by atoms with E-state index in [1.807, 2.05) is 0 Å². The molecule has 0 radical (unpaired) electrons. The number of carbonyl (C=O) groups is 1. The third kappa shape index (κ3) is 5.44. The Hall–Kier alpha value is -1.33. The molecule has 19 heavy (non-hydrogen) atoms. The molecule has 0 saturated carbocycles. The maximum absolute atomic E-state index is 11.4. The number of carbonyl (C=O) groups excluding carboxylic acids is 1. The molecule has 1 aromatic rings. The van der Waals surface area contributed by atoms with E-state index in [0.717, 1.165) is 38.4 Å². The number of furan rings is 1. The van der Waals surface area contributed by atoms with Crippen LogP contribution in [0.5, 0.6) is 0 Å². The first kappa shape index (κ1) is 15.7. The zero-order valence-corrected chi connectivity index (χ0v) is 12.0. The minimum absolute atomic E-state index is 0.361. The molecule has 0 amide bonds. The molecule has 0 atom stereocenters. The van der Waals surface area contributed by atoms with Crippen molar-refractivity contribution in [2.75, 3.05) is 26.9 Å². The lowest BCUT2D eigenvalue weighted by Gasteiger charge is -2.03. The van der Waals surface area contributed by atoms with Gasteiger partial charge in [0.25, 0.3) is 0 Å². The Morgan fingerprint density at radius 1 is 1.42 bits per heavy atom. The number of esters is 1. The smallest absolute Gasteiger partial charge is 0.341 e. The molecule has 108 valence electrons. The normalized spacial score (nSPS) is 10.7. The van der Waals surface area contributed by atoms with Crippen LogP contribution >= 0.6 is 0 Å². The van der Waals surface area contributed by atoms with E-state index >= 15 is 0 Å². The molecule has 0 spiro atoms. The van der Waals surface area contributed by atoms with Gasteiger partial charge in [-0.05, 0) is 32.4 Å².